The van der Waals surface area contributed by atoms with Gasteiger partial charge >= 0.3 is 87.4 Å². The summed E-state index contributed by atoms with van der Waals surface area (Å²) in [7, 11) is -4.67. The zero-order valence-corrected chi connectivity index (χ0v) is 12.0. The maximum atomic E-state index is 8.74. The second-order valence-corrected chi connectivity index (χ2v) is 5.99. The van der Waals surface area contributed by atoms with Crippen LogP contribution in [0.3, 0.4) is 0 Å². The first kappa shape index (κ1) is 17.3. The molecule has 0 saturated heterocycles. The molecule has 14 heavy (non-hydrogen) atoms. The van der Waals surface area contributed by atoms with E-state index < -0.39 is 10.4 Å². The zero-order chi connectivity index (χ0) is 11.6. The van der Waals surface area contributed by atoms with Gasteiger partial charge in [0.25, 0.3) is 0 Å². The fourth-order valence-electron chi connectivity index (χ4n) is 0.947. The molecule has 0 aromatic carbocycles. The number of unbranched alkanes of at least 4 members (excludes halogenated alkanes) is 2. The molecule has 0 spiro atoms. The first-order valence-corrected chi connectivity index (χ1v) is 7.56. The summed E-state index contributed by atoms with van der Waals surface area (Å²) in [4.78, 5) is 0. The van der Waals surface area contributed by atoms with Crippen LogP contribution in [0.2, 0.25) is 3.17 Å². The first-order valence-electron chi connectivity index (χ1n) is 5.01. The Hall–Kier alpha value is 0.870. The van der Waals surface area contributed by atoms with E-state index in [9.17, 15) is 0 Å². The smallest absolute Gasteiger partial charge is 0.264 e. The Morgan fingerprint density at radius 2 is 1.64 bits per heavy atom. The average molecular weight is 234 g/mol. The minimum atomic E-state index is -4.67. The molecule has 0 aliphatic heterocycles. The third-order valence-corrected chi connectivity index (χ3v) is 3.39. The molecule has 0 heterocycles. The molecule has 0 aliphatic rings. The fourth-order valence-corrected chi connectivity index (χ4v) is 1.36. The molecule has 6 heteroatoms. The van der Waals surface area contributed by atoms with Gasteiger partial charge < -0.3 is 0 Å². The van der Waals surface area contributed by atoms with Crippen molar-refractivity contribution in [1.82, 2.24) is 0 Å². The van der Waals surface area contributed by atoms with Crippen LogP contribution in [-0.4, -0.2) is 45.5 Å². The molecular weight excluding hydrogens is 215 g/mol. The van der Waals surface area contributed by atoms with Gasteiger partial charge in [-0.15, -0.1) is 0 Å². The SMILES string of the molecule is CCCCC[CH]([Na])CC.O=S(=O)(O)O. The maximum absolute atomic E-state index is 8.74. The van der Waals surface area contributed by atoms with Gasteiger partial charge in [0, 0.05) is 0 Å². The normalized spacial score (nSPS) is 13.0. The van der Waals surface area contributed by atoms with Gasteiger partial charge in [0.15, 0.2) is 0 Å². The van der Waals surface area contributed by atoms with E-state index in [0.29, 0.717) is 0 Å². The van der Waals surface area contributed by atoms with Crippen LogP contribution < -0.4 is 0 Å². The second kappa shape index (κ2) is 10.4. The van der Waals surface area contributed by atoms with Gasteiger partial charge in [0.05, 0.1) is 0 Å². The van der Waals surface area contributed by atoms with Gasteiger partial charge in [-0.3, -0.25) is 9.11 Å². The Labute approximate surface area is 104 Å². The van der Waals surface area contributed by atoms with Crippen LogP contribution in [0.1, 0.15) is 46.0 Å². The fraction of sp³-hybridized carbons (Fsp3) is 1.00. The molecule has 82 valence electrons. The third-order valence-electron chi connectivity index (χ3n) is 2.00. The van der Waals surface area contributed by atoms with E-state index in [1.54, 1.807) is 0 Å². The van der Waals surface area contributed by atoms with Gasteiger partial charge in [0.2, 0.25) is 0 Å². The van der Waals surface area contributed by atoms with Crippen molar-refractivity contribution in [3.05, 3.63) is 0 Å². The van der Waals surface area contributed by atoms with E-state index in [2.05, 4.69) is 13.8 Å². The average Bonchev–Trinajstić information content (AvgIpc) is 2.01. The quantitative estimate of drug-likeness (QED) is 0.435. The van der Waals surface area contributed by atoms with E-state index in [1.807, 2.05) is 0 Å². The van der Waals surface area contributed by atoms with Gasteiger partial charge in [-0.2, -0.15) is 8.42 Å². The van der Waals surface area contributed by atoms with E-state index >= 15 is 0 Å². The van der Waals surface area contributed by atoms with Crippen molar-refractivity contribution in [2.24, 2.45) is 0 Å². The van der Waals surface area contributed by atoms with E-state index in [4.69, 9.17) is 17.5 Å². The molecule has 0 rings (SSSR count). The van der Waals surface area contributed by atoms with Crippen LogP contribution in [0.5, 0.6) is 0 Å². The molecule has 0 amide bonds. The van der Waals surface area contributed by atoms with Gasteiger partial charge in [-0.1, -0.05) is 0 Å². The van der Waals surface area contributed by atoms with Crippen molar-refractivity contribution in [3.63, 3.8) is 0 Å². The molecule has 0 fully saturated rings. The zero-order valence-electron chi connectivity index (χ0n) is 9.23. The molecule has 0 radical (unpaired) electrons. The van der Waals surface area contributed by atoms with Crippen LogP contribution in [-0.2, 0) is 10.4 Å². The van der Waals surface area contributed by atoms with Crippen LogP contribution in [0, 0.1) is 0 Å². The summed E-state index contributed by atoms with van der Waals surface area (Å²) in [6.07, 6.45) is 7.20. The standard InChI is InChI=1S/C8H17.Na.H2O4S/c1-3-5-7-8-6-4-2;;1-5(2,3)4/h5H,3-4,6-8H2,1-2H3;;(H2,1,2,3,4). The van der Waals surface area contributed by atoms with Crippen LogP contribution in [0.25, 0.3) is 0 Å². The van der Waals surface area contributed by atoms with Crippen molar-refractivity contribution < 1.29 is 17.5 Å². The van der Waals surface area contributed by atoms with Crippen LogP contribution in [0.4, 0.5) is 0 Å². The Bertz CT molecular complexity index is 195. The largest absolute Gasteiger partial charge is 0.394 e. The van der Waals surface area contributed by atoms with Gasteiger partial charge in [-0.25, -0.2) is 0 Å². The Balaban J connectivity index is 0. The van der Waals surface area contributed by atoms with E-state index in [-0.39, 0.29) is 0 Å². The molecule has 0 saturated carbocycles. The van der Waals surface area contributed by atoms with Crippen LogP contribution >= 0.6 is 0 Å². The van der Waals surface area contributed by atoms with Gasteiger partial charge in [-0.05, 0) is 0 Å². The molecule has 0 bridgehead atoms. The van der Waals surface area contributed by atoms with Gasteiger partial charge in [0.1, 0.15) is 0 Å². The Kier molecular flexibility index (Phi) is 12.8. The van der Waals surface area contributed by atoms with Crippen molar-refractivity contribution in [2.75, 3.05) is 0 Å². The molecule has 0 aliphatic carbocycles. The molecule has 0 aromatic heterocycles. The maximum Gasteiger partial charge on any atom is 0.394 e. The van der Waals surface area contributed by atoms with E-state index in [1.165, 1.54) is 60.0 Å². The number of rotatable bonds is 5. The van der Waals surface area contributed by atoms with E-state index in [0.717, 1.165) is 3.17 Å². The second-order valence-electron chi connectivity index (χ2n) is 3.46. The first-order chi connectivity index (χ1) is 6.31. The summed E-state index contributed by atoms with van der Waals surface area (Å²) in [5.41, 5.74) is 0. The molecule has 1 atom stereocenters. The molecule has 4 nitrogen and oxygen atoms in total. The summed E-state index contributed by atoms with van der Waals surface area (Å²) in [6, 6.07) is 0. The molecule has 2 N–H and O–H groups in total. The summed E-state index contributed by atoms with van der Waals surface area (Å²) < 4.78 is 32.7. The predicted molar refractivity (Wildman–Crippen MR) is 58.1 cm³/mol. The summed E-state index contributed by atoms with van der Waals surface area (Å²) >= 11 is 1.41. The van der Waals surface area contributed by atoms with Crippen molar-refractivity contribution in [2.45, 2.75) is 49.1 Å². The summed E-state index contributed by atoms with van der Waals surface area (Å²) in [5.74, 6) is 0. The number of hydrogen-bond donors (Lipinski definition) is 2. The Morgan fingerprint density at radius 1 is 1.21 bits per heavy atom. The predicted octanol–water partition coefficient (Wildman–Crippen LogP) is 2.28. The summed E-state index contributed by atoms with van der Waals surface area (Å²) in [6.45, 7) is 4.58. The molecule has 0 aromatic rings. The van der Waals surface area contributed by atoms with Crippen molar-refractivity contribution in [3.8, 4) is 0 Å². The molecular formula is C8H19NaO4S. The van der Waals surface area contributed by atoms with Crippen molar-refractivity contribution in [1.29, 1.82) is 0 Å². The summed E-state index contributed by atoms with van der Waals surface area (Å²) in [5, 5.41) is 0. The third kappa shape index (κ3) is 29.3. The van der Waals surface area contributed by atoms with Crippen LogP contribution in [0.15, 0.2) is 0 Å². The minimum Gasteiger partial charge on any atom is -0.264 e. The van der Waals surface area contributed by atoms with Crippen molar-refractivity contribution >= 4 is 38.3 Å². The number of hydrogen-bond acceptors (Lipinski definition) is 2. The Morgan fingerprint density at radius 3 is 1.93 bits per heavy atom. The molecule has 1 unspecified atom stereocenters. The topological polar surface area (TPSA) is 74.6 Å². The minimum absolute atomic E-state index is 1.09. The monoisotopic (exact) mass is 234 g/mol.